The number of carbonyl (C=O) groups is 2. The van der Waals surface area contributed by atoms with Crippen molar-refractivity contribution in [3.63, 3.8) is 0 Å². The van der Waals surface area contributed by atoms with E-state index in [1.54, 1.807) is 24.1 Å². The number of nitrogens with one attached hydrogen (secondary N) is 1. The summed E-state index contributed by atoms with van der Waals surface area (Å²) in [5, 5.41) is 3.20. The molecule has 1 N–H and O–H groups in total. The molecule has 0 saturated carbocycles. The summed E-state index contributed by atoms with van der Waals surface area (Å²) in [5.74, 6) is -0.179. The molecule has 1 heterocycles. The van der Waals surface area contributed by atoms with Gasteiger partial charge in [-0.05, 0) is 18.2 Å². The van der Waals surface area contributed by atoms with Gasteiger partial charge in [-0.25, -0.2) is 0 Å². The monoisotopic (exact) mass is 417 g/mol. The summed E-state index contributed by atoms with van der Waals surface area (Å²) in [7, 11) is 1.65. The first-order chi connectivity index (χ1) is 9.97. The van der Waals surface area contributed by atoms with E-state index >= 15 is 0 Å². The summed E-state index contributed by atoms with van der Waals surface area (Å²) in [5.41, 5.74) is 0.548. The number of benzene rings is 1. The predicted molar refractivity (Wildman–Crippen MR) is 88.3 cm³/mol. The molecule has 7 heteroatoms. The third-order valence-electron chi connectivity index (χ3n) is 3.30. The summed E-state index contributed by atoms with van der Waals surface area (Å²) >= 11 is 6.72. The minimum Gasteiger partial charge on any atom is -0.339 e. The summed E-state index contributed by atoms with van der Waals surface area (Å²) in [4.78, 5) is 27.8. The van der Waals surface area contributed by atoms with Crippen LogP contribution in [0.5, 0.6) is 0 Å². The summed E-state index contributed by atoms with van der Waals surface area (Å²) in [6.45, 7) is 3.11. The fourth-order valence-electron chi connectivity index (χ4n) is 2.19. The average molecular weight is 419 g/mol. The van der Waals surface area contributed by atoms with Gasteiger partial charge in [-0.15, -0.1) is 0 Å². The largest absolute Gasteiger partial charge is 0.339 e. The topological polar surface area (TPSA) is 52.7 Å². The number of hydrogen-bond acceptors (Lipinski definition) is 3. The van der Waals surface area contributed by atoms with E-state index in [1.807, 2.05) is 6.07 Å². The maximum atomic E-state index is 12.4. The minimum atomic E-state index is -0.166. The van der Waals surface area contributed by atoms with Crippen LogP contribution >= 0.6 is 31.9 Å². The summed E-state index contributed by atoms with van der Waals surface area (Å²) in [6, 6.07) is 5.36. The number of piperazine rings is 1. The Kier molecular flexibility index (Phi) is 5.78. The van der Waals surface area contributed by atoms with Crippen molar-refractivity contribution < 1.29 is 9.59 Å². The lowest BCUT2D eigenvalue weighted by Gasteiger charge is -2.29. The van der Waals surface area contributed by atoms with Crippen LogP contribution in [0.2, 0.25) is 0 Å². The number of likely N-dealkylation sites (N-methyl/N-ethyl adjacent to an activating group) is 1. The van der Waals surface area contributed by atoms with E-state index in [0.717, 1.165) is 22.0 Å². The first kappa shape index (κ1) is 16.5. The molecule has 0 aliphatic carbocycles. The molecule has 0 unspecified atom stereocenters. The summed E-state index contributed by atoms with van der Waals surface area (Å²) < 4.78 is 1.64. The van der Waals surface area contributed by atoms with Crippen molar-refractivity contribution in [1.29, 1.82) is 0 Å². The average Bonchev–Trinajstić information content (AvgIpc) is 2.46. The van der Waals surface area contributed by atoms with Crippen LogP contribution in [0.3, 0.4) is 0 Å². The third kappa shape index (κ3) is 4.52. The number of nitrogens with zero attached hydrogens (tertiary/aromatic N) is 2. The summed E-state index contributed by atoms with van der Waals surface area (Å²) in [6.07, 6.45) is 0. The molecule has 0 aromatic heterocycles. The van der Waals surface area contributed by atoms with Crippen LogP contribution in [-0.2, 0) is 4.79 Å². The second-order valence-electron chi connectivity index (χ2n) is 4.95. The molecule has 21 heavy (non-hydrogen) atoms. The molecular weight excluding hydrogens is 402 g/mol. The van der Waals surface area contributed by atoms with E-state index in [9.17, 15) is 9.59 Å². The van der Waals surface area contributed by atoms with Gasteiger partial charge in [0, 0.05) is 47.7 Å². The van der Waals surface area contributed by atoms with Crippen molar-refractivity contribution in [3.05, 3.63) is 32.7 Å². The molecule has 5 nitrogen and oxygen atoms in total. The molecule has 1 aromatic carbocycles. The maximum absolute atomic E-state index is 12.4. The fraction of sp³-hybridized carbons (Fsp3) is 0.429. The van der Waals surface area contributed by atoms with Gasteiger partial charge >= 0.3 is 0 Å². The molecule has 114 valence electrons. The smallest absolute Gasteiger partial charge is 0.254 e. The molecule has 1 saturated heterocycles. The van der Waals surface area contributed by atoms with Crippen molar-refractivity contribution in [2.45, 2.75) is 0 Å². The lowest BCUT2D eigenvalue weighted by Crippen LogP contribution is -2.49. The fourth-order valence-corrected chi connectivity index (χ4v) is 3.48. The van der Waals surface area contributed by atoms with Crippen LogP contribution in [-0.4, -0.2) is 61.4 Å². The van der Waals surface area contributed by atoms with Crippen LogP contribution in [0.4, 0.5) is 0 Å². The lowest BCUT2D eigenvalue weighted by atomic mass is 10.2. The number of rotatable bonds is 3. The van der Waals surface area contributed by atoms with Crippen LogP contribution in [0, 0.1) is 0 Å². The van der Waals surface area contributed by atoms with E-state index < -0.39 is 0 Å². The van der Waals surface area contributed by atoms with Crippen molar-refractivity contribution in [2.24, 2.45) is 0 Å². The Bertz CT molecular complexity index is 525. The molecule has 1 aliphatic heterocycles. The Hall–Kier alpha value is -0.920. The van der Waals surface area contributed by atoms with Gasteiger partial charge in [0.05, 0.1) is 6.54 Å². The molecule has 0 bridgehead atoms. The van der Waals surface area contributed by atoms with E-state index in [4.69, 9.17) is 0 Å². The zero-order valence-electron chi connectivity index (χ0n) is 11.7. The maximum Gasteiger partial charge on any atom is 0.254 e. The van der Waals surface area contributed by atoms with Crippen LogP contribution in [0.15, 0.2) is 27.1 Å². The second kappa shape index (κ2) is 7.38. The normalized spacial score (nSPS) is 14.9. The molecule has 1 fully saturated rings. The number of hydrogen-bond donors (Lipinski definition) is 1. The van der Waals surface area contributed by atoms with Crippen LogP contribution < -0.4 is 5.32 Å². The molecule has 0 spiro atoms. The molecule has 1 aliphatic rings. The quantitative estimate of drug-likeness (QED) is 0.812. The highest BCUT2D eigenvalue weighted by atomic mass is 79.9. The van der Waals surface area contributed by atoms with Crippen LogP contribution in [0.25, 0.3) is 0 Å². The molecule has 1 aromatic rings. The Labute approximate surface area is 140 Å². The Morgan fingerprint density at radius 3 is 2.33 bits per heavy atom. The molecular formula is C14H17Br2N3O2. The van der Waals surface area contributed by atoms with Gasteiger partial charge in [-0.3, -0.25) is 9.59 Å². The van der Waals surface area contributed by atoms with E-state index in [2.05, 4.69) is 37.2 Å². The highest BCUT2D eigenvalue weighted by molar-refractivity contribution is 9.11. The van der Waals surface area contributed by atoms with E-state index in [1.165, 1.54) is 4.90 Å². The molecule has 0 radical (unpaired) electrons. The lowest BCUT2D eigenvalue weighted by molar-refractivity contribution is -0.132. The van der Waals surface area contributed by atoms with Gasteiger partial charge in [0.15, 0.2) is 0 Å². The standard InChI is InChI=1S/C14H17Br2N3O2/c1-18(9-13(20)19-4-2-17-3-5-19)14(21)10-6-11(15)8-12(16)7-10/h6-8,17H,2-5,9H2,1H3. The van der Waals surface area contributed by atoms with Gasteiger partial charge in [-0.2, -0.15) is 0 Å². The number of halogens is 2. The third-order valence-corrected chi connectivity index (χ3v) is 4.21. The van der Waals surface area contributed by atoms with E-state index in [0.29, 0.717) is 18.7 Å². The highest BCUT2D eigenvalue weighted by Gasteiger charge is 2.21. The first-order valence-electron chi connectivity index (χ1n) is 6.67. The highest BCUT2D eigenvalue weighted by Crippen LogP contribution is 2.21. The van der Waals surface area contributed by atoms with Gasteiger partial charge in [0.1, 0.15) is 0 Å². The van der Waals surface area contributed by atoms with Gasteiger partial charge in [0.2, 0.25) is 5.91 Å². The first-order valence-corrected chi connectivity index (χ1v) is 8.26. The van der Waals surface area contributed by atoms with Gasteiger partial charge in [-0.1, -0.05) is 31.9 Å². The Balaban J connectivity index is 2.00. The number of carbonyl (C=O) groups excluding carboxylic acids is 2. The zero-order chi connectivity index (χ0) is 15.4. The van der Waals surface area contributed by atoms with Crippen molar-refractivity contribution in [3.8, 4) is 0 Å². The Morgan fingerprint density at radius 1 is 1.19 bits per heavy atom. The molecule has 2 rings (SSSR count). The van der Waals surface area contributed by atoms with Crippen molar-refractivity contribution in [1.82, 2.24) is 15.1 Å². The van der Waals surface area contributed by atoms with Crippen LogP contribution in [0.1, 0.15) is 10.4 Å². The predicted octanol–water partition coefficient (Wildman–Crippen LogP) is 1.72. The van der Waals surface area contributed by atoms with E-state index in [-0.39, 0.29) is 18.4 Å². The second-order valence-corrected chi connectivity index (χ2v) is 6.78. The van der Waals surface area contributed by atoms with Gasteiger partial charge in [0.25, 0.3) is 5.91 Å². The van der Waals surface area contributed by atoms with Crippen molar-refractivity contribution in [2.75, 3.05) is 39.8 Å². The zero-order valence-corrected chi connectivity index (χ0v) is 14.9. The Morgan fingerprint density at radius 2 is 1.76 bits per heavy atom. The molecule has 0 atom stereocenters. The van der Waals surface area contributed by atoms with Gasteiger partial charge < -0.3 is 15.1 Å². The minimum absolute atomic E-state index is 0.0126. The number of amides is 2. The van der Waals surface area contributed by atoms with Crippen molar-refractivity contribution >= 4 is 43.7 Å². The molecule has 2 amide bonds. The SMILES string of the molecule is CN(CC(=O)N1CCNCC1)C(=O)c1cc(Br)cc(Br)c1.